The van der Waals surface area contributed by atoms with Crippen molar-refractivity contribution in [2.45, 2.75) is 40.7 Å². The summed E-state index contributed by atoms with van der Waals surface area (Å²) in [6.07, 6.45) is 3.36. The molecule has 1 heterocycles. The van der Waals surface area contributed by atoms with Gasteiger partial charge < -0.3 is 15.6 Å². The number of nitrogens with zero attached hydrogens (tertiary/aromatic N) is 2. The monoisotopic (exact) mass is 329 g/mol. The van der Waals surface area contributed by atoms with Crippen molar-refractivity contribution in [2.75, 3.05) is 5.73 Å². The molecule has 0 radical (unpaired) electrons. The van der Waals surface area contributed by atoms with Gasteiger partial charge in [0.1, 0.15) is 18.1 Å². The third-order valence-electron chi connectivity index (χ3n) is 3.11. The summed E-state index contributed by atoms with van der Waals surface area (Å²) < 4.78 is 5.83. The number of hydrogen-bond donors (Lipinski definition) is 2. The lowest BCUT2D eigenvalue weighted by atomic mass is 10.1. The van der Waals surface area contributed by atoms with Gasteiger partial charge in [-0.05, 0) is 31.7 Å². The molecule has 0 aliphatic heterocycles. The van der Waals surface area contributed by atoms with Gasteiger partial charge in [-0.25, -0.2) is 9.97 Å². The largest absolute Gasteiger partial charge is 0.516 e. The molecule has 24 heavy (non-hydrogen) atoms. The highest BCUT2D eigenvalue weighted by Crippen LogP contribution is 2.21. The summed E-state index contributed by atoms with van der Waals surface area (Å²) in [5.41, 5.74) is 8.50. The molecule has 0 fully saturated rings. The molecule has 0 amide bonds. The van der Waals surface area contributed by atoms with E-state index < -0.39 is 0 Å². The van der Waals surface area contributed by atoms with Crippen LogP contribution in [0, 0.1) is 12.8 Å². The van der Waals surface area contributed by atoms with E-state index in [0.29, 0.717) is 29.9 Å². The van der Waals surface area contributed by atoms with Gasteiger partial charge in [0.15, 0.2) is 0 Å². The molecule has 1 aromatic carbocycles. The average Bonchev–Trinajstić information content (AvgIpc) is 2.57. The van der Waals surface area contributed by atoms with Crippen molar-refractivity contribution in [3.63, 3.8) is 0 Å². The Hall–Kier alpha value is -2.56. The Morgan fingerprint density at radius 3 is 2.38 bits per heavy atom. The second-order valence-electron chi connectivity index (χ2n) is 5.80. The number of nitrogens with two attached hydrogens (primary N) is 1. The van der Waals surface area contributed by atoms with Gasteiger partial charge in [0.05, 0.1) is 12.0 Å². The first-order chi connectivity index (χ1) is 11.5. The zero-order chi connectivity index (χ0) is 17.9. The van der Waals surface area contributed by atoms with Gasteiger partial charge in [-0.3, -0.25) is 0 Å². The quantitative estimate of drug-likeness (QED) is 0.803. The Morgan fingerprint density at radius 2 is 1.83 bits per heavy atom. The molecular weight excluding hydrogens is 302 g/mol. The first kappa shape index (κ1) is 19.5. The molecule has 2 aromatic rings. The predicted molar refractivity (Wildman–Crippen MR) is 97.9 cm³/mol. The first-order valence-corrected chi connectivity index (χ1v) is 8.03. The minimum atomic E-state index is 0.477. The van der Waals surface area contributed by atoms with Crippen molar-refractivity contribution >= 4 is 5.82 Å². The van der Waals surface area contributed by atoms with E-state index in [1.807, 2.05) is 37.3 Å². The van der Waals surface area contributed by atoms with Gasteiger partial charge >= 0.3 is 0 Å². The lowest BCUT2D eigenvalue weighted by molar-refractivity contribution is 0.286. The second-order valence-corrected chi connectivity index (χ2v) is 5.80. The van der Waals surface area contributed by atoms with Gasteiger partial charge in [-0.2, -0.15) is 0 Å². The van der Waals surface area contributed by atoms with E-state index >= 15 is 0 Å². The molecule has 130 valence electrons. The molecule has 0 aliphatic rings. The van der Waals surface area contributed by atoms with Crippen molar-refractivity contribution < 1.29 is 9.84 Å². The van der Waals surface area contributed by atoms with Crippen LogP contribution in [-0.2, 0) is 13.0 Å². The Morgan fingerprint density at radius 1 is 1.21 bits per heavy atom. The van der Waals surface area contributed by atoms with Crippen LogP contribution in [0.1, 0.15) is 37.7 Å². The van der Waals surface area contributed by atoms with Crippen LogP contribution in [0.3, 0.4) is 0 Å². The Labute approximate surface area is 144 Å². The Kier molecular flexibility index (Phi) is 8.33. The third kappa shape index (κ3) is 6.69. The van der Waals surface area contributed by atoms with Crippen LogP contribution in [0.2, 0.25) is 0 Å². The number of rotatable bonds is 5. The molecule has 5 heteroatoms. The van der Waals surface area contributed by atoms with Crippen molar-refractivity contribution in [3.8, 4) is 5.88 Å². The van der Waals surface area contributed by atoms with Crippen molar-refractivity contribution in [1.82, 2.24) is 9.97 Å². The summed E-state index contributed by atoms with van der Waals surface area (Å²) in [6.45, 7) is 8.36. The topological polar surface area (TPSA) is 81.3 Å². The van der Waals surface area contributed by atoms with Crippen LogP contribution in [0.15, 0.2) is 42.7 Å². The fourth-order valence-corrected chi connectivity index (χ4v) is 1.91. The average molecular weight is 329 g/mol. The first-order valence-electron chi connectivity index (χ1n) is 8.03. The zero-order valence-electron chi connectivity index (χ0n) is 14.9. The van der Waals surface area contributed by atoms with Crippen molar-refractivity contribution in [3.05, 3.63) is 59.6 Å². The molecule has 0 spiro atoms. The second kappa shape index (κ2) is 10.3. The predicted octanol–water partition coefficient (Wildman–Crippen LogP) is 4.22. The van der Waals surface area contributed by atoms with Crippen LogP contribution in [0.25, 0.3) is 0 Å². The standard InChI is InChI=1S/C16H21N3O.C3H6O/c1-11(2)9-14-16(18-12(3)15(17)19-14)20-10-13-7-5-4-6-8-13;1-2-3-4/h4-8,11H,9-10H2,1-3H3,(H2,17,19);2-4H,1H3. The molecule has 0 saturated heterocycles. The molecular formula is C19H27N3O2. The Balaban J connectivity index is 0.000000648. The minimum absolute atomic E-state index is 0.477. The van der Waals surface area contributed by atoms with Crippen molar-refractivity contribution in [1.29, 1.82) is 0 Å². The zero-order valence-corrected chi connectivity index (χ0v) is 14.9. The van der Waals surface area contributed by atoms with E-state index in [1.54, 1.807) is 13.0 Å². The molecule has 0 atom stereocenters. The Bertz CT molecular complexity index is 637. The number of aliphatic hydroxyl groups is 1. The normalized spacial score (nSPS) is 10.5. The summed E-state index contributed by atoms with van der Waals surface area (Å²) in [5, 5.41) is 7.69. The summed E-state index contributed by atoms with van der Waals surface area (Å²) >= 11 is 0. The SMILES string of the molecule is CC=CO.Cc1nc(OCc2ccccc2)c(CC(C)C)nc1N. The number of nitrogen functional groups attached to an aromatic ring is 1. The van der Waals surface area contributed by atoms with Gasteiger partial charge in [-0.1, -0.05) is 50.3 Å². The van der Waals surface area contributed by atoms with Crippen LogP contribution < -0.4 is 10.5 Å². The molecule has 0 bridgehead atoms. The third-order valence-corrected chi connectivity index (χ3v) is 3.11. The number of hydrogen-bond acceptors (Lipinski definition) is 5. The summed E-state index contributed by atoms with van der Waals surface area (Å²) in [5.74, 6) is 1.55. The van der Waals surface area contributed by atoms with Crippen LogP contribution in [0.4, 0.5) is 5.82 Å². The summed E-state index contributed by atoms with van der Waals surface area (Å²) in [4.78, 5) is 8.85. The lowest BCUT2D eigenvalue weighted by Crippen LogP contribution is -2.09. The van der Waals surface area contributed by atoms with E-state index in [0.717, 1.165) is 23.9 Å². The number of aromatic nitrogens is 2. The number of aryl methyl sites for hydroxylation is 1. The van der Waals surface area contributed by atoms with Crippen LogP contribution in [0.5, 0.6) is 5.88 Å². The van der Waals surface area contributed by atoms with Crippen molar-refractivity contribution in [2.24, 2.45) is 5.92 Å². The number of benzene rings is 1. The fraction of sp³-hybridized carbons (Fsp3) is 0.368. The molecule has 3 N–H and O–H groups in total. The number of ether oxygens (including phenoxy) is 1. The maximum absolute atomic E-state index is 7.69. The van der Waals surface area contributed by atoms with E-state index in [-0.39, 0.29) is 0 Å². The van der Waals surface area contributed by atoms with Gasteiger partial charge in [-0.15, -0.1) is 0 Å². The molecule has 1 aromatic heterocycles. The number of aliphatic hydroxyl groups excluding tert-OH is 1. The highest BCUT2D eigenvalue weighted by molar-refractivity contribution is 5.38. The molecule has 0 unspecified atom stereocenters. The smallest absolute Gasteiger partial charge is 0.236 e. The maximum Gasteiger partial charge on any atom is 0.236 e. The maximum atomic E-state index is 7.69. The lowest BCUT2D eigenvalue weighted by Gasteiger charge is -2.13. The van der Waals surface area contributed by atoms with E-state index in [2.05, 4.69) is 23.8 Å². The number of anilines is 1. The van der Waals surface area contributed by atoms with Gasteiger partial charge in [0.2, 0.25) is 5.88 Å². The molecule has 2 rings (SSSR count). The highest BCUT2D eigenvalue weighted by atomic mass is 16.5. The van der Waals surface area contributed by atoms with Crippen LogP contribution in [-0.4, -0.2) is 15.1 Å². The van der Waals surface area contributed by atoms with E-state index in [4.69, 9.17) is 15.6 Å². The highest BCUT2D eigenvalue weighted by Gasteiger charge is 2.12. The molecule has 5 nitrogen and oxygen atoms in total. The summed E-state index contributed by atoms with van der Waals surface area (Å²) in [7, 11) is 0. The molecule has 0 saturated carbocycles. The van der Waals surface area contributed by atoms with Crippen LogP contribution >= 0.6 is 0 Å². The van der Waals surface area contributed by atoms with E-state index in [9.17, 15) is 0 Å². The summed E-state index contributed by atoms with van der Waals surface area (Å²) in [6, 6.07) is 10.0. The fourth-order valence-electron chi connectivity index (χ4n) is 1.91. The van der Waals surface area contributed by atoms with E-state index in [1.165, 1.54) is 0 Å². The molecule has 0 aliphatic carbocycles. The number of allylic oxidation sites excluding steroid dienone is 1. The van der Waals surface area contributed by atoms with Gasteiger partial charge in [0, 0.05) is 0 Å². The van der Waals surface area contributed by atoms with Gasteiger partial charge in [0.25, 0.3) is 0 Å². The minimum Gasteiger partial charge on any atom is -0.516 e.